The summed E-state index contributed by atoms with van der Waals surface area (Å²) in [6.07, 6.45) is 6.03. The van der Waals surface area contributed by atoms with Crippen LogP contribution in [0.25, 0.3) is 0 Å². The second-order valence-corrected chi connectivity index (χ2v) is 9.40. The van der Waals surface area contributed by atoms with E-state index in [1.54, 1.807) is 19.5 Å². The van der Waals surface area contributed by atoms with Gasteiger partial charge in [-0.25, -0.2) is 0 Å². The maximum absolute atomic E-state index is 11.4. The summed E-state index contributed by atoms with van der Waals surface area (Å²) in [5, 5.41) is 11.4. The van der Waals surface area contributed by atoms with E-state index in [2.05, 4.69) is 58.4 Å². The van der Waals surface area contributed by atoms with Gasteiger partial charge in [0.15, 0.2) is 0 Å². The van der Waals surface area contributed by atoms with E-state index in [9.17, 15) is 5.11 Å². The molecular weight excluding hydrogens is 384 g/mol. The molecule has 0 atom stereocenters. The zero-order valence-electron chi connectivity index (χ0n) is 17.9. The summed E-state index contributed by atoms with van der Waals surface area (Å²) in [6, 6.07) is 19.9. The average molecular weight is 413 g/mol. The molecule has 2 bridgehead atoms. The van der Waals surface area contributed by atoms with Crippen LogP contribution in [0.2, 0.25) is 0 Å². The van der Waals surface area contributed by atoms with Crippen molar-refractivity contribution < 1.29 is 9.84 Å². The Balaban J connectivity index is 1.29. The second kappa shape index (κ2) is 6.91. The molecule has 0 spiro atoms. The van der Waals surface area contributed by atoms with Gasteiger partial charge in [0.1, 0.15) is 5.75 Å². The maximum atomic E-state index is 11.4. The topological polar surface area (TPSA) is 45.6 Å². The summed E-state index contributed by atoms with van der Waals surface area (Å²) >= 11 is 0. The van der Waals surface area contributed by atoms with Crippen molar-refractivity contribution in [3.63, 3.8) is 0 Å². The number of benzene rings is 2. The first-order valence-electron chi connectivity index (χ1n) is 11.3. The maximum Gasteiger partial charge on any atom is 0.128 e. The summed E-state index contributed by atoms with van der Waals surface area (Å²) in [4.78, 5) is 6.80. The lowest BCUT2D eigenvalue weighted by atomic mass is 9.74. The Labute approximate surface area is 183 Å². The molecule has 1 aromatic heterocycles. The number of aliphatic hydroxyl groups is 1. The number of likely N-dealkylation sites (tertiary alicyclic amines) is 1. The van der Waals surface area contributed by atoms with Gasteiger partial charge in [0.2, 0.25) is 0 Å². The minimum Gasteiger partial charge on any atom is -0.496 e. The lowest BCUT2D eigenvalue weighted by molar-refractivity contribution is -0.0306. The van der Waals surface area contributed by atoms with Crippen molar-refractivity contribution in [3.8, 4) is 5.75 Å². The van der Waals surface area contributed by atoms with Crippen LogP contribution in [0.3, 0.4) is 0 Å². The Bertz CT molecular complexity index is 1090. The highest BCUT2D eigenvalue weighted by Gasteiger charge is 2.53. The van der Waals surface area contributed by atoms with E-state index >= 15 is 0 Å². The number of pyridine rings is 1. The van der Waals surface area contributed by atoms with E-state index in [0.29, 0.717) is 18.8 Å². The van der Waals surface area contributed by atoms with Gasteiger partial charge in [-0.05, 0) is 47.6 Å². The third kappa shape index (κ3) is 2.71. The second-order valence-electron chi connectivity index (χ2n) is 9.40. The number of methoxy groups -OCH3 is 1. The van der Waals surface area contributed by atoms with E-state index in [1.165, 1.54) is 28.7 Å². The fourth-order valence-corrected chi connectivity index (χ4v) is 6.45. The molecule has 0 radical (unpaired) electrons. The molecule has 4 heteroatoms. The summed E-state index contributed by atoms with van der Waals surface area (Å²) < 4.78 is 5.50. The lowest BCUT2D eigenvalue weighted by Gasteiger charge is -2.43. The summed E-state index contributed by atoms with van der Waals surface area (Å²) in [5.74, 6) is 1.25. The summed E-state index contributed by atoms with van der Waals surface area (Å²) in [7, 11) is 1.65. The summed E-state index contributed by atoms with van der Waals surface area (Å²) in [5.41, 5.74) is 6.04. The molecule has 1 fully saturated rings. The molecule has 6 rings (SSSR count). The van der Waals surface area contributed by atoms with E-state index in [-0.39, 0.29) is 5.41 Å². The van der Waals surface area contributed by atoms with Crippen LogP contribution < -0.4 is 4.74 Å². The first-order valence-corrected chi connectivity index (χ1v) is 11.3. The summed E-state index contributed by atoms with van der Waals surface area (Å²) in [6.45, 7) is 2.74. The predicted molar refractivity (Wildman–Crippen MR) is 120 cm³/mol. The van der Waals surface area contributed by atoms with Crippen molar-refractivity contribution in [3.05, 3.63) is 94.8 Å². The molecule has 158 valence electrons. The molecule has 1 aliphatic heterocycles. The van der Waals surface area contributed by atoms with Crippen LogP contribution in [-0.4, -0.2) is 41.7 Å². The van der Waals surface area contributed by atoms with Crippen LogP contribution in [-0.2, 0) is 11.0 Å². The van der Waals surface area contributed by atoms with Crippen LogP contribution in [0, 0.1) is 0 Å². The molecule has 0 amide bonds. The van der Waals surface area contributed by atoms with Crippen molar-refractivity contribution in [1.29, 1.82) is 0 Å². The number of hydrogen-bond acceptors (Lipinski definition) is 4. The molecular formula is C27H28N2O2. The minimum atomic E-state index is -0.878. The van der Waals surface area contributed by atoms with E-state index in [0.717, 1.165) is 30.9 Å². The molecule has 1 N–H and O–H groups in total. The molecule has 3 aliphatic rings. The van der Waals surface area contributed by atoms with E-state index in [4.69, 9.17) is 4.74 Å². The molecule has 3 aromatic rings. The Hall–Kier alpha value is -2.69. The van der Waals surface area contributed by atoms with Gasteiger partial charge in [-0.1, -0.05) is 48.5 Å². The third-order valence-electron chi connectivity index (χ3n) is 7.94. The van der Waals surface area contributed by atoms with Gasteiger partial charge in [0.05, 0.1) is 12.7 Å². The first-order chi connectivity index (χ1) is 15.1. The lowest BCUT2D eigenvalue weighted by Crippen LogP contribution is -2.47. The van der Waals surface area contributed by atoms with Crippen LogP contribution in [0.1, 0.15) is 53.0 Å². The molecule has 2 heterocycles. The van der Waals surface area contributed by atoms with Gasteiger partial charge in [0.25, 0.3) is 0 Å². The number of nitrogens with zero attached hydrogens (tertiary/aromatic N) is 2. The van der Waals surface area contributed by atoms with Gasteiger partial charge in [-0.15, -0.1) is 0 Å². The first kappa shape index (κ1) is 19.0. The Kier molecular flexibility index (Phi) is 4.24. The number of rotatable bonds is 4. The minimum absolute atomic E-state index is 0.0688. The Morgan fingerprint density at radius 1 is 0.968 bits per heavy atom. The van der Waals surface area contributed by atoms with Gasteiger partial charge < -0.3 is 14.7 Å². The normalized spacial score (nSPS) is 25.8. The predicted octanol–water partition coefficient (Wildman–Crippen LogP) is 4.21. The van der Waals surface area contributed by atoms with Crippen LogP contribution in [0.15, 0.2) is 67.0 Å². The Morgan fingerprint density at radius 3 is 2.26 bits per heavy atom. The monoisotopic (exact) mass is 412 g/mol. The van der Waals surface area contributed by atoms with Crippen LogP contribution in [0.4, 0.5) is 0 Å². The van der Waals surface area contributed by atoms with Crippen molar-refractivity contribution in [2.24, 2.45) is 0 Å². The molecule has 0 unspecified atom stereocenters. The highest BCUT2D eigenvalue weighted by atomic mass is 16.5. The number of fused-ring (bicyclic) bond motifs is 8. The average Bonchev–Trinajstić information content (AvgIpc) is 3.33. The van der Waals surface area contributed by atoms with Gasteiger partial charge in [0, 0.05) is 48.9 Å². The van der Waals surface area contributed by atoms with Crippen molar-refractivity contribution >= 4 is 0 Å². The molecule has 1 saturated heterocycles. The van der Waals surface area contributed by atoms with Crippen LogP contribution in [0.5, 0.6) is 5.75 Å². The SMILES string of the molecule is COc1ccncc1C1(O)CCN(CC23CC(c4ccccc42)c2ccccc23)CC1. The zero-order valence-corrected chi connectivity index (χ0v) is 17.9. The largest absolute Gasteiger partial charge is 0.496 e. The van der Waals surface area contributed by atoms with Crippen molar-refractivity contribution in [2.45, 2.75) is 36.2 Å². The molecule has 2 aromatic carbocycles. The highest BCUT2D eigenvalue weighted by molar-refractivity contribution is 5.63. The molecule has 0 saturated carbocycles. The smallest absolute Gasteiger partial charge is 0.128 e. The molecule has 31 heavy (non-hydrogen) atoms. The molecule has 2 aliphatic carbocycles. The number of piperidine rings is 1. The standard InChI is InChI=1S/C27H28N2O2/c1-31-25-10-13-28-17-24(25)27(30)11-14-29(15-12-27)18-26-16-21(19-6-2-4-8-22(19)26)20-7-3-5-9-23(20)26/h2-10,13,17,21,30H,11-12,14-16,18H2,1H3. The van der Waals surface area contributed by atoms with E-state index < -0.39 is 5.60 Å². The van der Waals surface area contributed by atoms with Gasteiger partial charge in [-0.3, -0.25) is 4.98 Å². The number of aromatic nitrogens is 1. The number of ether oxygens (including phenoxy) is 1. The fraction of sp³-hybridized carbons (Fsp3) is 0.370. The zero-order chi connectivity index (χ0) is 21.1. The van der Waals surface area contributed by atoms with Gasteiger partial charge in [-0.2, -0.15) is 0 Å². The quantitative estimate of drug-likeness (QED) is 0.697. The van der Waals surface area contributed by atoms with Crippen LogP contribution >= 0.6 is 0 Å². The highest BCUT2D eigenvalue weighted by Crippen LogP contribution is 2.60. The fourth-order valence-electron chi connectivity index (χ4n) is 6.45. The molecule has 4 nitrogen and oxygen atoms in total. The Morgan fingerprint density at radius 2 is 1.61 bits per heavy atom. The third-order valence-corrected chi connectivity index (χ3v) is 7.94. The van der Waals surface area contributed by atoms with E-state index in [1.807, 2.05) is 6.07 Å². The van der Waals surface area contributed by atoms with Crippen molar-refractivity contribution in [1.82, 2.24) is 9.88 Å². The number of hydrogen-bond donors (Lipinski definition) is 1. The van der Waals surface area contributed by atoms with Crippen molar-refractivity contribution in [2.75, 3.05) is 26.7 Å². The van der Waals surface area contributed by atoms with Gasteiger partial charge >= 0.3 is 0 Å².